The lowest BCUT2D eigenvalue weighted by Gasteiger charge is -2.29. The van der Waals surface area contributed by atoms with Crippen molar-refractivity contribution in [2.24, 2.45) is 0 Å². The van der Waals surface area contributed by atoms with Crippen molar-refractivity contribution >= 4 is 0 Å². The molecule has 1 unspecified atom stereocenters. The summed E-state index contributed by atoms with van der Waals surface area (Å²) < 4.78 is 27.4. The van der Waals surface area contributed by atoms with E-state index in [1.807, 2.05) is 12.1 Å². The number of benzene rings is 2. The maximum Gasteiger partial charge on any atom is 0.203 e. The van der Waals surface area contributed by atoms with E-state index in [4.69, 9.17) is 23.7 Å². The van der Waals surface area contributed by atoms with Gasteiger partial charge in [-0.15, -0.1) is 0 Å². The van der Waals surface area contributed by atoms with Crippen LogP contribution in [0.5, 0.6) is 28.7 Å². The zero-order valence-corrected chi connectivity index (χ0v) is 16.9. The fraction of sp³-hybridized carbons (Fsp3) is 0.364. The van der Waals surface area contributed by atoms with Gasteiger partial charge in [-0.3, -0.25) is 0 Å². The fourth-order valence-electron chi connectivity index (χ4n) is 3.72. The van der Waals surface area contributed by atoms with Crippen LogP contribution in [0.15, 0.2) is 36.4 Å². The first kappa shape index (κ1) is 19.9. The Kier molecular flexibility index (Phi) is 5.70. The van der Waals surface area contributed by atoms with E-state index in [9.17, 15) is 5.11 Å². The third kappa shape index (κ3) is 3.14. The van der Waals surface area contributed by atoms with Gasteiger partial charge in [0.1, 0.15) is 5.60 Å². The molecular weight excluding hydrogens is 360 g/mol. The predicted molar refractivity (Wildman–Crippen MR) is 106 cm³/mol. The van der Waals surface area contributed by atoms with E-state index in [-0.39, 0.29) is 0 Å². The number of aliphatic hydroxyl groups is 1. The average molecular weight is 386 g/mol. The average Bonchev–Trinajstić information content (AvgIpc) is 2.91. The van der Waals surface area contributed by atoms with Crippen molar-refractivity contribution in [3.8, 4) is 28.7 Å². The van der Waals surface area contributed by atoms with E-state index in [1.54, 1.807) is 59.8 Å². The van der Waals surface area contributed by atoms with Gasteiger partial charge in [0.05, 0.1) is 35.5 Å². The molecule has 0 saturated carbocycles. The molecule has 1 aliphatic carbocycles. The molecule has 0 bridgehead atoms. The molecule has 1 N–H and O–H groups in total. The highest BCUT2D eigenvalue weighted by atomic mass is 16.5. The van der Waals surface area contributed by atoms with Gasteiger partial charge in [-0.05, 0) is 48.2 Å². The van der Waals surface area contributed by atoms with Crippen molar-refractivity contribution in [3.63, 3.8) is 0 Å². The lowest BCUT2D eigenvalue weighted by Crippen LogP contribution is -2.26. The van der Waals surface area contributed by atoms with E-state index in [1.165, 1.54) is 0 Å². The standard InChI is InChI=1S/C22H26O6/c1-24-17-10-9-16-15(20(17)27-4)8-6-7-11-22(16,23)14-12-18(25-2)21(28-5)19(13-14)26-3/h7,9-13,23H,6,8H2,1-5H3. The van der Waals surface area contributed by atoms with Gasteiger partial charge in [-0.2, -0.15) is 0 Å². The summed E-state index contributed by atoms with van der Waals surface area (Å²) in [4.78, 5) is 0. The second kappa shape index (κ2) is 8.02. The number of ether oxygens (including phenoxy) is 5. The smallest absolute Gasteiger partial charge is 0.203 e. The maximum atomic E-state index is 11.8. The molecule has 0 radical (unpaired) electrons. The predicted octanol–water partition coefficient (Wildman–Crippen LogP) is 3.47. The minimum Gasteiger partial charge on any atom is -0.493 e. The van der Waals surface area contributed by atoms with Gasteiger partial charge >= 0.3 is 0 Å². The summed E-state index contributed by atoms with van der Waals surface area (Å²) >= 11 is 0. The maximum absolute atomic E-state index is 11.8. The Labute approximate surface area is 165 Å². The molecule has 1 atom stereocenters. The summed E-state index contributed by atoms with van der Waals surface area (Å²) in [6.07, 6.45) is 5.25. The van der Waals surface area contributed by atoms with Crippen molar-refractivity contribution in [1.29, 1.82) is 0 Å². The lowest BCUT2D eigenvalue weighted by atomic mass is 9.83. The molecule has 6 heteroatoms. The third-order valence-corrected chi connectivity index (χ3v) is 5.08. The van der Waals surface area contributed by atoms with E-state index in [0.29, 0.717) is 34.3 Å². The van der Waals surface area contributed by atoms with Gasteiger partial charge in [0.25, 0.3) is 0 Å². The van der Waals surface area contributed by atoms with Crippen molar-refractivity contribution in [2.75, 3.05) is 35.5 Å². The second-order valence-corrected chi connectivity index (χ2v) is 6.45. The first-order chi connectivity index (χ1) is 13.5. The van der Waals surface area contributed by atoms with Crippen LogP contribution >= 0.6 is 0 Å². The molecule has 0 amide bonds. The van der Waals surface area contributed by atoms with Crippen LogP contribution in [0.25, 0.3) is 0 Å². The highest BCUT2D eigenvalue weighted by Gasteiger charge is 2.36. The number of allylic oxidation sites excluding steroid dienone is 1. The van der Waals surface area contributed by atoms with Gasteiger partial charge in [0.15, 0.2) is 23.0 Å². The molecule has 0 spiro atoms. The van der Waals surface area contributed by atoms with Crippen LogP contribution in [0.1, 0.15) is 23.1 Å². The summed E-state index contributed by atoms with van der Waals surface area (Å²) in [6.45, 7) is 0. The van der Waals surface area contributed by atoms with Crippen molar-refractivity contribution in [2.45, 2.75) is 18.4 Å². The monoisotopic (exact) mass is 386 g/mol. The van der Waals surface area contributed by atoms with Crippen LogP contribution in [0.2, 0.25) is 0 Å². The minimum absolute atomic E-state index is 0.475. The van der Waals surface area contributed by atoms with Crippen LogP contribution in [0.3, 0.4) is 0 Å². The molecular formula is C22H26O6. The molecule has 0 aromatic heterocycles. The summed E-state index contributed by atoms with van der Waals surface area (Å²) in [5.74, 6) is 2.70. The van der Waals surface area contributed by atoms with Crippen molar-refractivity contribution in [3.05, 3.63) is 53.1 Å². The number of methoxy groups -OCH3 is 5. The summed E-state index contributed by atoms with van der Waals surface area (Å²) in [5, 5.41) is 11.8. The Hall–Kier alpha value is -2.86. The molecule has 2 aromatic rings. The fourth-order valence-corrected chi connectivity index (χ4v) is 3.72. The van der Waals surface area contributed by atoms with Crippen LogP contribution in [0.4, 0.5) is 0 Å². The Morgan fingerprint density at radius 1 is 0.786 bits per heavy atom. The Morgan fingerprint density at radius 3 is 1.93 bits per heavy atom. The number of hydrogen-bond donors (Lipinski definition) is 1. The third-order valence-electron chi connectivity index (χ3n) is 5.08. The Morgan fingerprint density at radius 2 is 1.39 bits per heavy atom. The van der Waals surface area contributed by atoms with Crippen LogP contribution in [0, 0.1) is 0 Å². The molecule has 150 valence electrons. The number of rotatable bonds is 6. The molecule has 0 heterocycles. The first-order valence-electron chi connectivity index (χ1n) is 8.98. The van der Waals surface area contributed by atoms with Gasteiger partial charge in [-0.25, -0.2) is 0 Å². The van der Waals surface area contributed by atoms with Gasteiger partial charge < -0.3 is 28.8 Å². The molecule has 2 aromatic carbocycles. The summed E-state index contributed by atoms with van der Waals surface area (Å²) in [5.41, 5.74) is 0.850. The van der Waals surface area contributed by atoms with Crippen molar-refractivity contribution < 1.29 is 28.8 Å². The quantitative estimate of drug-likeness (QED) is 0.767. The molecule has 3 rings (SSSR count). The number of hydrogen-bond acceptors (Lipinski definition) is 6. The normalized spacial score (nSPS) is 18.1. The van der Waals surface area contributed by atoms with Gasteiger partial charge in [-0.1, -0.05) is 12.1 Å². The van der Waals surface area contributed by atoms with E-state index >= 15 is 0 Å². The lowest BCUT2D eigenvalue weighted by molar-refractivity contribution is 0.132. The van der Waals surface area contributed by atoms with E-state index in [2.05, 4.69) is 0 Å². The summed E-state index contributed by atoms with van der Waals surface area (Å²) in [6, 6.07) is 7.20. The van der Waals surface area contributed by atoms with Crippen LogP contribution in [-0.2, 0) is 12.0 Å². The van der Waals surface area contributed by atoms with E-state index < -0.39 is 5.60 Å². The van der Waals surface area contributed by atoms with E-state index in [0.717, 1.165) is 24.0 Å². The second-order valence-electron chi connectivity index (χ2n) is 6.45. The Bertz CT molecular complexity index is 864. The topological polar surface area (TPSA) is 66.4 Å². The molecule has 0 saturated heterocycles. The number of fused-ring (bicyclic) bond motifs is 1. The Balaban J connectivity index is 2.28. The van der Waals surface area contributed by atoms with Gasteiger partial charge in [0.2, 0.25) is 5.75 Å². The first-order valence-corrected chi connectivity index (χ1v) is 8.98. The highest BCUT2D eigenvalue weighted by molar-refractivity contribution is 5.61. The molecule has 1 aliphatic rings. The highest BCUT2D eigenvalue weighted by Crippen LogP contribution is 2.47. The molecule has 0 fully saturated rings. The SMILES string of the molecule is COc1cc(C2(O)C=CCCc3c2ccc(OC)c3OC)cc(OC)c1OC. The summed E-state index contributed by atoms with van der Waals surface area (Å²) in [7, 11) is 7.86. The molecule has 28 heavy (non-hydrogen) atoms. The van der Waals surface area contributed by atoms with Gasteiger partial charge in [0, 0.05) is 5.56 Å². The van der Waals surface area contributed by atoms with Crippen LogP contribution in [-0.4, -0.2) is 40.7 Å². The van der Waals surface area contributed by atoms with Crippen molar-refractivity contribution in [1.82, 2.24) is 0 Å². The largest absolute Gasteiger partial charge is 0.493 e. The molecule has 0 aliphatic heterocycles. The zero-order valence-electron chi connectivity index (χ0n) is 16.9. The zero-order chi connectivity index (χ0) is 20.3. The minimum atomic E-state index is -1.39. The van der Waals surface area contributed by atoms with Crippen LogP contribution < -0.4 is 23.7 Å². The molecule has 6 nitrogen and oxygen atoms in total.